The van der Waals surface area contributed by atoms with Gasteiger partial charge in [-0.05, 0) is 57.5 Å². The van der Waals surface area contributed by atoms with E-state index in [1.807, 2.05) is 0 Å². The molecule has 1 aromatic carbocycles. The zero-order valence-corrected chi connectivity index (χ0v) is 13.2. The first-order valence-electron chi connectivity index (χ1n) is 7.21. The van der Waals surface area contributed by atoms with Gasteiger partial charge in [0, 0.05) is 6.54 Å². The first kappa shape index (κ1) is 16.1. The highest BCUT2D eigenvalue weighted by Crippen LogP contribution is 2.26. The SMILES string of the molecule is CN1CCC(CCNc2cccc(S(N)(=O)=O)c2N)CC1. The lowest BCUT2D eigenvalue weighted by Crippen LogP contribution is -2.30. The molecule has 0 aliphatic carbocycles. The van der Waals surface area contributed by atoms with Crippen molar-refractivity contribution in [3.05, 3.63) is 18.2 Å². The summed E-state index contributed by atoms with van der Waals surface area (Å²) in [5.74, 6) is 0.719. The molecule has 0 atom stereocenters. The zero-order valence-electron chi connectivity index (χ0n) is 12.4. The van der Waals surface area contributed by atoms with E-state index in [1.54, 1.807) is 12.1 Å². The van der Waals surface area contributed by atoms with Gasteiger partial charge in [0.05, 0.1) is 11.4 Å². The number of nitrogens with one attached hydrogen (secondary N) is 1. The first-order valence-corrected chi connectivity index (χ1v) is 8.76. The Labute approximate surface area is 126 Å². The van der Waals surface area contributed by atoms with Gasteiger partial charge in [0.1, 0.15) is 4.90 Å². The average Bonchev–Trinajstić information content (AvgIpc) is 2.41. The van der Waals surface area contributed by atoms with Gasteiger partial charge in [-0.15, -0.1) is 0 Å². The number of rotatable bonds is 5. The second-order valence-electron chi connectivity index (χ2n) is 5.72. The lowest BCUT2D eigenvalue weighted by Gasteiger charge is -2.29. The molecule has 6 nitrogen and oxygen atoms in total. The fourth-order valence-corrected chi connectivity index (χ4v) is 3.39. The van der Waals surface area contributed by atoms with Gasteiger partial charge in [-0.25, -0.2) is 13.6 Å². The summed E-state index contributed by atoms with van der Waals surface area (Å²) in [4.78, 5) is 2.32. The molecule has 1 aliphatic heterocycles. The van der Waals surface area contributed by atoms with Crippen LogP contribution in [-0.2, 0) is 10.0 Å². The van der Waals surface area contributed by atoms with Crippen molar-refractivity contribution in [2.75, 3.05) is 37.7 Å². The fraction of sp³-hybridized carbons (Fsp3) is 0.571. The Balaban J connectivity index is 1.92. The summed E-state index contributed by atoms with van der Waals surface area (Å²) >= 11 is 0. The smallest absolute Gasteiger partial charge is 0.240 e. The van der Waals surface area contributed by atoms with Crippen molar-refractivity contribution < 1.29 is 8.42 Å². The Morgan fingerprint density at radius 3 is 2.62 bits per heavy atom. The molecule has 1 saturated heterocycles. The Bertz CT molecular complexity index is 581. The molecule has 7 heteroatoms. The maximum atomic E-state index is 11.4. The highest BCUT2D eigenvalue weighted by atomic mass is 32.2. The van der Waals surface area contributed by atoms with Crippen LogP contribution in [0.25, 0.3) is 0 Å². The van der Waals surface area contributed by atoms with Crippen molar-refractivity contribution in [3.8, 4) is 0 Å². The van der Waals surface area contributed by atoms with Gasteiger partial charge in [-0.1, -0.05) is 6.07 Å². The van der Waals surface area contributed by atoms with Crippen LogP contribution in [0.1, 0.15) is 19.3 Å². The van der Waals surface area contributed by atoms with Crippen LogP contribution in [0.15, 0.2) is 23.1 Å². The highest BCUT2D eigenvalue weighted by molar-refractivity contribution is 7.89. The second-order valence-corrected chi connectivity index (χ2v) is 7.25. The van der Waals surface area contributed by atoms with Crippen LogP contribution in [0.5, 0.6) is 0 Å². The van der Waals surface area contributed by atoms with Crippen molar-refractivity contribution in [3.63, 3.8) is 0 Å². The number of hydrogen-bond acceptors (Lipinski definition) is 5. The number of sulfonamides is 1. The predicted octanol–water partition coefficient (Wildman–Crippen LogP) is 1.06. The van der Waals surface area contributed by atoms with Crippen LogP contribution < -0.4 is 16.2 Å². The van der Waals surface area contributed by atoms with Crippen LogP contribution in [0, 0.1) is 5.92 Å². The minimum absolute atomic E-state index is 0.0215. The molecule has 0 amide bonds. The predicted molar refractivity (Wildman–Crippen MR) is 85.6 cm³/mol. The number of anilines is 2. The van der Waals surface area contributed by atoms with Crippen LogP contribution in [0.2, 0.25) is 0 Å². The van der Waals surface area contributed by atoms with Gasteiger partial charge in [0.15, 0.2) is 0 Å². The molecule has 0 saturated carbocycles. The summed E-state index contributed by atoms with van der Waals surface area (Å²) in [6, 6.07) is 4.85. The van der Waals surface area contributed by atoms with Gasteiger partial charge < -0.3 is 16.0 Å². The molecule has 5 N–H and O–H groups in total. The summed E-state index contributed by atoms with van der Waals surface area (Å²) in [6.07, 6.45) is 3.49. The van der Waals surface area contributed by atoms with Gasteiger partial charge in [-0.3, -0.25) is 0 Å². The molecular weight excluding hydrogens is 288 g/mol. The topological polar surface area (TPSA) is 101 Å². The standard InChI is InChI=1S/C14H24N4O2S/c1-18-9-6-11(7-10-18)5-8-17-12-3-2-4-13(14(12)15)21(16,19)20/h2-4,11,17H,5-10,15H2,1H3,(H2,16,19,20). The van der Waals surface area contributed by atoms with E-state index in [0.717, 1.165) is 32.0 Å². The molecule has 0 unspecified atom stereocenters. The normalized spacial score (nSPS) is 17.8. The monoisotopic (exact) mass is 312 g/mol. The molecule has 1 heterocycles. The molecule has 1 aromatic rings. The molecule has 0 aromatic heterocycles. The van der Waals surface area contributed by atoms with Gasteiger partial charge >= 0.3 is 0 Å². The molecule has 2 rings (SSSR count). The first-order chi connectivity index (χ1) is 9.88. The van der Waals surface area contributed by atoms with Crippen molar-refractivity contribution in [2.45, 2.75) is 24.2 Å². The molecule has 118 valence electrons. The second kappa shape index (κ2) is 6.64. The maximum Gasteiger partial charge on any atom is 0.240 e. The molecule has 21 heavy (non-hydrogen) atoms. The Hall–Kier alpha value is -1.31. The lowest BCUT2D eigenvalue weighted by molar-refractivity contribution is 0.215. The summed E-state index contributed by atoms with van der Waals surface area (Å²) in [5, 5.41) is 8.37. The van der Waals surface area contributed by atoms with Crippen LogP contribution in [0.4, 0.5) is 11.4 Å². The van der Waals surface area contributed by atoms with Crippen LogP contribution in [0.3, 0.4) is 0 Å². The summed E-state index contributed by atoms with van der Waals surface area (Å²) < 4.78 is 22.8. The number of nitrogen functional groups attached to an aromatic ring is 1. The molecular formula is C14H24N4O2S. The quantitative estimate of drug-likeness (QED) is 0.706. The molecule has 0 spiro atoms. The van der Waals surface area contributed by atoms with Crippen LogP contribution >= 0.6 is 0 Å². The van der Waals surface area contributed by atoms with E-state index in [2.05, 4.69) is 17.3 Å². The zero-order chi connectivity index (χ0) is 15.5. The summed E-state index contributed by atoms with van der Waals surface area (Å²) in [6.45, 7) is 3.08. The van der Waals surface area contributed by atoms with E-state index in [4.69, 9.17) is 10.9 Å². The highest BCUT2D eigenvalue weighted by Gasteiger charge is 2.17. The third kappa shape index (κ3) is 4.33. The summed E-state index contributed by atoms with van der Waals surface area (Å²) in [7, 11) is -1.63. The van der Waals surface area contributed by atoms with Crippen molar-refractivity contribution >= 4 is 21.4 Å². The van der Waals surface area contributed by atoms with Crippen LogP contribution in [-0.4, -0.2) is 40.0 Å². The maximum absolute atomic E-state index is 11.4. The van der Waals surface area contributed by atoms with E-state index in [1.165, 1.54) is 18.9 Å². The number of benzene rings is 1. The number of likely N-dealkylation sites (tertiary alicyclic amines) is 1. The van der Waals surface area contributed by atoms with Crippen molar-refractivity contribution in [1.29, 1.82) is 0 Å². The number of para-hydroxylation sites is 1. The molecule has 0 bridgehead atoms. The van der Waals surface area contributed by atoms with E-state index < -0.39 is 10.0 Å². The molecule has 1 aliphatic rings. The summed E-state index contributed by atoms with van der Waals surface area (Å²) in [5.41, 5.74) is 6.71. The number of nitrogens with zero attached hydrogens (tertiary/aromatic N) is 1. The Morgan fingerprint density at radius 1 is 1.33 bits per heavy atom. The third-order valence-corrected chi connectivity index (χ3v) is 5.05. The Kier molecular flexibility index (Phi) is 5.08. The largest absolute Gasteiger partial charge is 0.396 e. The molecule has 0 radical (unpaired) electrons. The number of hydrogen-bond donors (Lipinski definition) is 3. The molecule has 1 fully saturated rings. The van der Waals surface area contributed by atoms with E-state index >= 15 is 0 Å². The van der Waals surface area contributed by atoms with E-state index in [0.29, 0.717) is 5.69 Å². The number of piperidine rings is 1. The van der Waals surface area contributed by atoms with Crippen molar-refractivity contribution in [1.82, 2.24) is 4.90 Å². The lowest BCUT2D eigenvalue weighted by atomic mass is 9.94. The van der Waals surface area contributed by atoms with Gasteiger partial charge in [0.25, 0.3) is 0 Å². The Morgan fingerprint density at radius 2 is 2.00 bits per heavy atom. The van der Waals surface area contributed by atoms with E-state index in [-0.39, 0.29) is 10.6 Å². The van der Waals surface area contributed by atoms with E-state index in [9.17, 15) is 8.42 Å². The van der Waals surface area contributed by atoms with Gasteiger partial charge in [-0.2, -0.15) is 0 Å². The number of primary sulfonamides is 1. The average molecular weight is 312 g/mol. The fourth-order valence-electron chi connectivity index (χ4n) is 2.71. The van der Waals surface area contributed by atoms with Crippen molar-refractivity contribution in [2.24, 2.45) is 11.1 Å². The number of nitrogens with two attached hydrogens (primary N) is 2. The minimum Gasteiger partial charge on any atom is -0.396 e. The van der Waals surface area contributed by atoms with Gasteiger partial charge in [0.2, 0.25) is 10.0 Å². The third-order valence-electron chi connectivity index (χ3n) is 4.08. The minimum atomic E-state index is -3.78.